The fraction of sp³-hybridized carbons (Fsp3) is 0.353. The first-order valence-electron chi connectivity index (χ1n) is 8.05. The SMILES string of the molecule is O=C1C[C@H]2CC[C@@H](CN1)N2C(=O)Nc1cccc(-c2cnco2)c1. The molecule has 0 saturated carbocycles. The van der Waals surface area contributed by atoms with Crippen molar-refractivity contribution in [1.82, 2.24) is 15.2 Å². The molecule has 3 heterocycles. The normalized spacial score (nSPS) is 22.8. The molecule has 4 rings (SSSR count). The summed E-state index contributed by atoms with van der Waals surface area (Å²) in [5, 5.41) is 5.82. The number of aromatic nitrogens is 1. The van der Waals surface area contributed by atoms with E-state index in [1.54, 1.807) is 6.20 Å². The molecule has 2 aliphatic rings. The van der Waals surface area contributed by atoms with Crippen molar-refractivity contribution in [2.24, 2.45) is 0 Å². The van der Waals surface area contributed by atoms with Gasteiger partial charge in [0.2, 0.25) is 5.91 Å². The molecule has 2 N–H and O–H groups in total. The molecule has 124 valence electrons. The van der Waals surface area contributed by atoms with Crippen molar-refractivity contribution < 1.29 is 14.0 Å². The molecule has 3 amide bonds. The Balaban J connectivity index is 1.52. The Morgan fingerprint density at radius 1 is 1.33 bits per heavy atom. The van der Waals surface area contributed by atoms with Crippen molar-refractivity contribution in [2.75, 3.05) is 11.9 Å². The van der Waals surface area contributed by atoms with Gasteiger partial charge < -0.3 is 20.0 Å². The maximum Gasteiger partial charge on any atom is 0.322 e. The summed E-state index contributed by atoms with van der Waals surface area (Å²) in [6.45, 7) is 0.529. The summed E-state index contributed by atoms with van der Waals surface area (Å²) in [7, 11) is 0. The van der Waals surface area contributed by atoms with E-state index >= 15 is 0 Å². The molecule has 2 atom stereocenters. The summed E-state index contributed by atoms with van der Waals surface area (Å²) >= 11 is 0. The van der Waals surface area contributed by atoms with E-state index in [4.69, 9.17) is 4.42 Å². The van der Waals surface area contributed by atoms with Crippen molar-refractivity contribution in [3.63, 3.8) is 0 Å². The highest BCUT2D eigenvalue weighted by Gasteiger charge is 2.40. The van der Waals surface area contributed by atoms with E-state index in [9.17, 15) is 9.59 Å². The molecular weight excluding hydrogens is 308 g/mol. The molecule has 2 aliphatic heterocycles. The molecule has 1 aromatic heterocycles. The van der Waals surface area contributed by atoms with Crippen LogP contribution in [0.3, 0.4) is 0 Å². The first-order chi connectivity index (χ1) is 11.7. The second-order valence-corrected chi connectivity index (χ2v) is 6.18. The van der Waals surface area contributed by atoms with Crippen LogP contribution in [0.15, 0.2) is 41.3 Å². The van der Waals surface area contributed by atoms with Crippen LogP contribution in [0.1, 0.15) is 19.3 Å². The smallest absolute Gasteiger partial charge is 0.322 e. The van der Waals surface area contributed by atoms with Crippen molar-refractivity contribution in [3.8, 4) is 11.3 Å². The number of amides is 3. The molecule has 0 aliphatic carbocycles. The summed E-state index contributed by atoms with van der Waals surface area (Å²) in [4.78, 5) is 30.1. The Labute approximate surface area is 139 Å². The zero-order chi connectivity index (χ0) is 16.5. The molecule has 7 nitrogen and oxygen atoms in total. The zero-order valence-electron chi connectivity index (χ0n) is 13.1. The van der Waals surface area contributed by atoms with E-state index in [0.29, 0.717) is 24.4 Å². The maximum absolute atomic E-state index is 12.7. The number of carbonyl (C=O) groups excluding carboxylic acids is 2. The Morgan fingerprint density at radius 2 is 2.21 bits per heavy atom. The van der Waals surface area contributed by atoms with Crippen LogP contribution in [-0.2, 0) is 4.79 Å². The molecule has 2 saturated heterocycles. The Hall–Kier alpha value is -2.83. The van der Waals surface area contributed by atoms with Crippen LogP contribution in [-0.4, -0.2) is 40.5 Å². The fourth-order valence-corrected chi connectivity index (χ4v) is 3.51. The highest BCUT2D eigenvalue weighted by molar-refractivity contribution is 5.91. The van der Waals surface area contributed by atoms with Crippen LogP contribution in [0.2, 0.25) is 0 Å². The number of anilines is 1. The fourth-order valence-electron chi connectivity index (χ4n) is 3.51. The lowest BCUT2D eigenvalue weighted by atomic mass is 10.1. The lowest BCUT2D eigenvalue weighted by Gasteiger charge is -2.27. The molecule has 24 heavy (non-hydrogen) atoms. The quantitative estimate of drug-likeness (QED) is 0.886. The molecule has 0 radical (unpaired) electrons. The number of benzene rings is 1. The Kier molecular flexibility index (Phi) is 3.68. The monoisotopic (exact) mass is 326 g/mol. The number of nitrogens with one attached hydrogen (secondary N) is 2. The van der Waals surface area contributed by atoms with Gasteiger partial charge in [-0.15, -0.1) is 0 Å². The number of fused-ring (bicyclic) bond motifs is 2. The average Bonchev–Trinajstić information content (AvgIpc) is 3.19. The highest BCUT2D eigenvalue weighted by atomic mass is 16.3. The van der Waals surface area contributed by atoms with E-state index in [-0.39, 0.29) is 24.0 Å². The first kappa shape index (κ1) is 14.7. The summed E-state index contributed by atoms with van der Waals surface area (Å²) in [6, 6.07) is 7.33. The van der Waals surface area contributed by atoms with Gasteiger partial charge in [-0.25, -0.2) is 9.78 Å². The van der Waals surface area contributed by atoms with Crippen LogP contribution in [0.25, 0.3) is 11.3 Å². The van der Waals surface area contributed by atoms with Crippen LogP contribution in [0.4, 0.5) is 10.5 Å². The van der Waals surface area contributed by atoms with Crippen LogP contribution >= 0.6 is 0 Å². The Bertz CT molecular complexity index is 759. The van der Waals surface area contributed by atoms with E-state index < -0.39 is 0 Å². The summed E-state index contributed by atoms with van der Waals surface area (Å²) in [5.74, 6) is 0.669. The van der Waals surface area contributed by atoms with Crippen LogP contribution in [0, 0.1) is 0 Å². The molecule has 1 aromatic carbocycles. The number of hydrogen-bond donors (Lipinski definition) is 2. The van der Waals surface area contributed by atoms with Gasteiger partial charge in [-0.05, 0) is 25.0 Å². The van der Waals surface area contributed by atoms with Crippen molar-refractivity contribution in [2.45, 2.75) is 31.3 Å². The van der Waals surface area contributed by atoms with E-state index in [0.717, 1.165) is 18.4 Å². The van der Waals surface area contributed by atoms with Crippen molar-refractivity contribution >= 4 is 17.6 Å². The predicted octanol–water partition coefficient (Wildman–Crippen LogP) is 2.23. The Morgan fingerprint density at radius 3 is 3.04 bits per heavy atom. The van der Waals surface area contributed by atoms with Crippen LogP contribution in [0.5, 0.6) is 0 Å². The van der Waals surface area contributed by atoms with E-state index in [1.807, 2.05) is 29.2 Å². The van der Waals surface area contributed by atoms with E-state index in [2.05, 4.69) is 15.6 Å². The van der Waals surface area contributed by atoms with Gasteiger partial charge in [0.05, 0.1) is 12.2 Å². The van der Waals surface area contributed by atoms with Crippen LogP contribution < -0.4 is 10.6 Å². The molecular formula is C17H18N4O3. The lowest BCUT2D eigenvalue weighted by Crippen LogP contribution is -2.44. The third-order valence-electron chi connectivity index (χ3n) is 4.64. The van der Waals surface area contributed by atoms with Gasteiger partial charge in [0, 0.05) is 30.3 Å². The molecule has 0 spiro atoms. The zero-order valence-corrected chi connectivity index (χ0v) is 13.1. The number of carbonyl (C=O) groups is 2. The summed E-state index contributed by atoms with van der Waals surface area (Å²) in [6.07, 6.45) is 5.19. The molecule has 2 fully saturated rings. The second kappa shape index (κ2) is 5.99. The second-order valence-electron chi connectivity index (χ2n) is 6.18. The molecule has 7 heteroatoms. The molecule has 2 aromatic rings. The van der Waals surface area contributed by atoms with Gasteiger partial charge in [0.15, 0.2) is 12.2 Å². The molecule has 2 bridgehead atoms. The van der Waals surface area contributed by atoms with Crippen molar-refractivity contribution in [3.05, 3.63) is 36.9 Å². The standard InChI is InChI=1S/C17H18N4O3/c22-16-7-13-4-5-14(8-19-16)21(13)17(23)20-12-3-1-2-11(6-12)15-9-18-10-24-15/h1-3,6,9-10,13-14H,4-5,7-8H2,(H,19,22)(H,20,23)/t13-,14+/m1/s1. The van der Waals surface area contributed by atoms with Gasteiger partial charge in [-0.2, -0.15) is 0 Å². The number of urea groups is 1. The number of oxazole rings is 1. The summed E-state index contributed by atoms with van der Waals surface area (Å²) in [5.41, 5.74) is 1.54. The topological polar surface area (TPSA) is 87.5 Å². The minimum atomic E-state index is -0.159. The predicted molar refractivity (Wildman–Crippen MR) is 87.2 cm³/mol. The first-order valence-corrected chi connectivity index (χ1v) is 8.05. The third-order valence-corrected chi connectivity index (χ3v) is 4.64. The van der Waals surface area contributed by atoms with Crippen molar-refractivity contribution in [1.29, 1.82) is 0 Å². The largest absolute Gasteiger partial charge is 0.444 e. The highest BCUT2D eigenvalue weighted by Crippen LogP contribution is 2.29. The van der Waals surface area contributed by atoms with E-state index in [1.165, 1.54) is 6.39 Å². The van der Waals surface area contributed by atoms with Gasteiger partial charge in [0.1, 0.15) is 0 Å². The molecule has 0 unspecified atom stereocenters. The van der Waals surface area contributed by atoms with Gasteiger partial charge >= 0.3 is 6.03 Å². The van der Waals surface area contributed by atoms with Gasteiger partial charge in [0.25, 0.3) is 0 Å². The van der Waals surface area contributed by atoms with Gasteiger partial charge in [-0.3, -0.25) is 4.79 Å². The maximum atomic E-state index is 12.7. The number of nitrogens with zero attached hydrogens (tertiary/aromatic N) is 2. The third kappa shape index (κ3) is 2.73. The minimum absolute atomic E-state index is 0.0186. The average molecular weight is 326 g/mol. The number of rotatable bonds is 2. The minimum Gasteiger partial charge on any atom is -0.444 e. The summed E-state index contributed by atoms with van der Waals surface area (Å²) < 4.78 is 5.29. The lowest BCUT2D eigenvalue weighted by molar-refractivity contribution is -0.121. The van der Waals surface area contributed by atoms with Gasteiger partial charge in [-0.1, -0.05) is 12.1 Å². The number of hydrogen-bond acceptors (Lipinski definition) is 4.